The topological polar surface area (TPSA) is 111 Å². The summed E-state index contributed by atoms with van der Waals surface area (Å²) >= 11 is 0. The van der Waals surface area contributed by atoms with Crippen molar-refractivity contribution in [2.75, 3.05) is 51.5 Å². The van der Waals surface area contributed by atoms with Crippen LogP contribution in [-0.2, 0) is 23.8 Å². The van der Waals surface area contributed by atoms with Gasteiger partial charge in [-0.2, -0.15) is 0 Å². The molecule has 0 fully saturated rings. The second kappa shape index (κ2) is 12.8. The second-order valence-corrected chi connectivity index (χ2v) is 6.59. The fourth-order valence-corrected chi connectivity index (χ4v) is 3.13. The number of benzene rings is 1. The van der Waals surface area contributed by atoms with Crippen molar-refractivity contribution in [1.29, 1.82) is 0 Å². The van der Waals surface area contributed by atoms with Gasteiger partial charge in [-0.3, -0.25) is 14.5 Å². The summed E-state index contributed by atoms with van der Waals surface area (Å²) in [5.74, 6) is -0.885. The Hall–Kier alpha value is -2.62. The monoisotopic (exact) mass is 420 g/mol. The summed E-state index contributed by atoms with van der Waals surface area (Å²) in [7, 11) is 0. The second-order valence-electron chi connectivity index (χ2n) is 6.59. The minimum Gasteiger partial charge on any atom is -0.382 e. The smallest absolute Gasteiger partial charge is 0.264 e. The first-order chi connectivity index (χ1) is 14.7. The van der Waals surface area contributed by atoms with E-state index in [1.165, 1.54) is 0 Å². The summed E-state index contributed by atoms with van der Waals surface area (Å²) in [6.07, 6.45) is 2.47. The number of aldehydes is 2. The zero-order valence-electron chi connectivity index (χ0n) is 17.1. The van der Waals surface area contributed by atoms with Crippen LogP contribution < -0.4 is 5.32 Å². The minimum atomic E-state index is -0.748. The lowest BCUT2D eigenvalue weighted by Gasteiger charge is -2.20. The number of nitrogens with one attached hydrogen (secondary N) is 1. The number of amides is 2. The highest BCUT2D eigenvalue weighted by molar-refractivity contribution is 6.24. The average Bonchev–Trinajstić information content (AvgIpc) is 3.01. The van der Waals surface area contributed by atoms with E-state index < -0.39 is 17.9 Å². The molecule has 0 bridgehead atoms. The van der Waals surface area contributed by atoms with Gasteiger partial charge in [0, 0.05) is 12.2 Å². The molecule has 1 aliphatic rings. The number of ether oxygens (including phenoxy) is 3. The Morgan fingerprint density at radius 3 is 2.37 bits per heavy atom. The lowest BCUT2D eigenvalue weighted by Crippen LogP contribution is -2.40. The van der Waals surface area contributed by atoms with Gasteiger partial charge in [0.05, 0.1) is 50.2 Å². The fourth-order valence-electron chi connectivity index (χ4n) is 3.13. The van der Waals surface area contributed by atoms with E-state index in [1.54, 1.807) is 18.2 Å². The fraction of sp³-hybridized carbons (Fsp3) is 0.524. The molecule has 1 heterocycles. The standard InChI is InChI=1S/C21H28N2O7/c1-2-4-16(15-25)23-20(26)17-5-3-6-18(19(17)21(23)27)22-7-9-28-11-13-30-14-12-29-10-8-24/h3,5-6,8,15-16,22H,2,4,7,9-14H2,1H3. The third kappa shape index (κ3) is 6.19. The third-order valence-corrected chi connectivity index (χ3v) is 4.51. The van der Waals surface area contributed by atoms with E-state index in [1.807, 2.05) is 6.92 Å². The molecule has 164 valence electrons. The maximum atomic E-state index is 12.8. The molecule has 0 saturated heterocycles. The van der Waals surface area contributed by atoms with Crippen LogP contribution in [0.25, 0.3) is 0 Å². The quantitative estimate of drug-likeness (QED) is 0.242. The Morgan fingerprint density at radius 1 is 1.00 bits per heavy atom. The summed E-state index contributed by atoms with van der Waals surface area (Å²) in [6, 6.07) is 4.28. The first kappa shape index (κ1) is 23.7. The van der Waals surface area contributed by atoms with Gasteiger partial charge in [-0.15, -0.1) is 0 Å². The molecule has 9 nitrogen and oxygen atoms in total. The van der Waals surface area contributed by atoms with E-state index in [-0.39, 0.29) is 6.61 Å². The van der Waals surface area contributed by atoms with Crippen molar-refractivity contribution < 1.29 is 33.4 Å². The number of nitrogens with zero attached hydrogens (tertiary/aromatic N) is 1. The Morgan fingerprint density at radius 2 is 1.70 bits per heavy atom. The van der Waals surface area contributed by atoms with Crippen molar-refractivity contribution in [3.63, 3.8) is 0 Å². The molecule has 0 saturated carbocycles. The zero-order chi connectivity index (χ0) is 21.8. The summed E-state index contributed by atoms with van der Waals surface area (Å²) in [5.41, 5.74) is 1.14. The molecule has 2 amide bonds. The molecule has 0 spiro atoms. The van der Waals surface area contributed by atoms with Gasteiger partial charge in [0.1, 0.15) is 19.2 Å². The summed E-state index contributed by atoms with van der Waals surface area (Å²) in [4.78, 5) is 48.0. The molecule has 1 atom stereocenters. The highest BCUT2D eigenvalue weighted by Crippen LogP contribution is 2.31. The van der Waals surface area contributed by atoms with Crippen molar-refractivity contribution in [1.82, 2.24) is 4.90 Å². The number of anilines is 1. The van der Waals surface area contributed by atoms with Crippen LogP contribution in [0.4, 0.5) is 5.69 Å². The van der Waals surface area contributed by atoms with Crippen molar-refractivity contribution in [2.24, 2.45) is 0 Å². The number of hydrogen-bond donors (Lipinski definition) is 1. The van der Waals surface area contributed by atoms with Crippen LogP contribution in [0.3, 0.4) is 0 Å². The average molecular weight is 420 g/mol. The van der Waals surface area contributed by atoms with Crippen LogP contribution in [0.5, 0.6) is 0 Å². The predicted octanol–water partition coefficient (Wildman–Crippen LogP) is 1.31. The Balaban J connectivity index is 1.79. The molecular formula is C21H28N2O7. The van der Waals surface area contributed by atoms with Gasteiger partial charge in [-0.25, -0.2) is 0 Å². The number of imide groups is 1. The lowest BCUT2D eigenvalue weighted by atomic mass is 10.1. The minimum absolute atomic E-state index is 0.0645. The zero-order valence-corrected chi connectivity index (χ0v) is 17.1. The SMILES string of the molecule is CCCC(C=O)N1C(=O)c2cccc(NCCOCCOCCOCC=O)c2C1=O. The largest absolute Gasteiger partial charge is 0.382 e. The Bertz CT molecular complexity index is 738. The summed E-state index contributed by atoms with van der Waals surface area (Å²) in [5, 5.41) is 3.12. The van der Waals surface area contributed by atoms with E-state index in [9.17, 15) is 19.2 Å². The van der Waals surface area contributed by atoms with E-state index in [2.05, 4.69) is 5.32 Å². The van der Waals surface area contributed by atoms with Gasteiger partial charge in [0.15, 0.2) is 0 Å². The number of carbonyl (C=O) groups is 4. The molecule has 9 heteroatoms. The van der Waals surface area contributed by atoms with Crippen LogP contribution in [-0.4, -0.2) is 81.5 Å². The van der Waals surface area contributed by atoms with Crippen molar-refractivity contribution in [3.8, 4) is 0 Å². The molecule has 1 aromatic rings. The number of rotatable bonds is 16. The molecule has 0 aliphatic carbocycles. The molecule has 30 heavy (non-hydrogen) atoms. The number of fused-ring (bicyclic) bond motifs is 1. The van der Waals surface area contributed by atoms with Crippen molar-refractivity contribution in [3.05, 3.63) is 29.3 Å². The van der Waals surface area contributed by atoms with Gasteiger partial charge in [0.2, 0.25) is 0 Å². The van der Waals surface area contributed by atoms with E-state index in [0.29, 0.717) is 81.8 Å². The van der Waals surface area contributed by atoms with Crippen molar-refractivity contribution >= 4 is 30.1 Å². The Labute approximate surface area is 175 Å². The molecule has 2 rings (SSSR count). The summed E-state index contributed by atoms with van der Waals surface area (Å²) in [6.45, 7) is 4.32. The van der Waals surface area contributed by atoms with Crippen LogP contribution in [0.2, 0.25) is 0 Å². The molecule has 1 aromatic carbocycles. The normalized spacial score (nSPS) is 14.0. The molecule has 0 radical (unpaired) electrons. The molecule has 0 aromatic heterocycles. The maximum absolute atomic E-state index is 12.8. The predicted molar refractivity (Wildman–Crippen MR) is 109 cm³/mol. The number of hydrogen-bond acceptors (Lipinski definition) is 8. The lowest BCUT2D eigenvalue weighted by molar-refractivity contribution is -0.112. The highest BCUT2D eigenvalue weighted by atomic mass is 16.5. The van der Waals surface area contributed by atoms with E-state index >= 15 is 0 Å². The van der Waals surface area contributed by atoms with E-state index in [4.69, 9.17) is 14.2 Å². The molecular weight excluding hydrogens is 392 g/mol. The molecule has 1 aliphatic heterocycles. The highest BCUT2D eigenvalue weighted by Gasteiger charge is 2.41. The third-order valence-electron chi connectivity index (χ3n) is 4.51. The van der Waals surface area contributed by atoms with Gasteiger partial charge in [-0.1, -0.05) is 19.4 Å². The van der Waals surface area contributed by atoms with Gasteiger partial charge < -0.3 is 29.1 Å². The molecule has 1 N–H and O–H groups in total. The van der Waals surface area contributed by atoms with Gasteiger partial charge in [-0.05, 0) is 18.6 Å². The van der Waals surface area contributed by atoms with Crippen LogP contribution in [0.15, 0.2) is 18.2 Å². The first-order valence-corrected chi connectivity index (χ1v) is 10.0. The van der Waals surface area contributed by atoms with Crippen molar-refractivity contribution in [2.45, 2.75) is 25.8 Å². The maximum Gasteiger partial charge on any atom is 0.264 e. The number of carbonyl (C=O) groups excluding carboxylic acids is 4. The van der Waals surface area contributed by atoms with Crippen LogP contribution in [0.1, 0.15) is 40.5 Å². The Kier molecular flexibility index (Phi) is 10.1. The summed E-state index contributed by atoms with van der Waals surface area (Å²) < 4.78 is 15.7. The van der Waals surface area contributed by atoms with Crippen LogP contribution >= 0.6 is 0 Å². The van der Waals surface area contributed by atoms with Gasteiger partial charge in [0.25, 0.3) is 11.8 Å². The van der Waals surface area contributed by atoms with Crippen LogP contribution in [0, 0.1) is 0 Å². The molecule has 1 unspecified atom stereocenters. The first-order valence-electron chi connectivity index (χ1n) is 10.0. The van der Waals surface area contributed by atoms with E-state index in [0.717, 1.165) is 4.90 Å². The van der Waals surface area contributed by atoms with Gasteiger partial charge >= 0.3 is 0 Å².